The molecule has 1 atom stereocenters. The third-order valence-corrected chi connectivity index (χ3v) is 4.12. The van der Waals surface area contributed by atoms with E-state index < -0.39 is 5.54 Å². The van der Waals surface area contributed by atoms with Crippen molar-refractivity contribution in [1.29, 1.82) is 0 Å². The molecule has 0 bridgehead atoms. The first-order valence-corrected chi connectivity index (χ1v) is 7.10. The lowest BCUT2D eigenvalue weighted by Gasteiger charge is -2.42. The SMILES string of the molecule is CCc1cc(=O)[nH]c(CN2CCCCC2(C)C(N)=O)n1. The van der Waals surface area contributed by atoms with Crippen molar-refractivity contribution in [3.05, 3.63) is 27.9 Å². The number of aromatic nitrogens is 2. The van der Waals surface area contributed by atoms with E-state index in [0.29, 0.717) is 18.8 Å². The predicted molar refractivity (Wildman–Crippen MR) is 76.1 cm³/mol. The lowest BCUT2D eigenvalue weighted by atomic mass is 9.87. The minimum Gasteiger partial charge on any atom is -0.368 e. The maximum atomic E-state index is 11.8. The zero-order valence-electron chi connectivity index (χ0n) is 12.1. The number of aryl methyl sites for hydroxylation is 1. The van der Waals surface area contributed by atoms with Crippen LogP contribution < -0.4 is 11.3 Å². The zero-order valence-corrected chi connectivity index (χ0v) is 12.1. The number of nitrogens with two attached hydrogens (primary N) is 1. The van der Waals surface area contributed by atoms with E-state index in [4.69, 9.17) is 5.73 Å². The van der Waals surface area contributed by atoms with Gasteiger partial charge in [0.25, 0.3) is 5.56 Å². The molecule has 0 spiro atoms. The Balaban J connectivity index is 2.25. The summed E-state index contributed by atoms with van der Waals surface area (Å²) in [5.41, 5.74) is 5.52. The van der Waals surface area contributed by atoms with Crippen LogP contribution >= 0.6 is 0 Å². The van der Waals surface area contributed by atoms with Gasteiger partial charge in [-0.25, -0.2) is 4.98 Å². The number of likely N-dealkylation sites (tertiary alicyclic amines) is 1. The van der Waals surface area contributed by atoms with Crippen LogP contribution in [0, 0.1) is 0 Å². The van der Waals surface area contributed by atoms with Crippen molar-refractivity contribution >= 4 is 5.91 Å². The number of hydrogen-bond acceptors (Lipinski definition) is 4. The first kappa shape index (κ1) is 14.7. The summed E-state index contributed by atoms with van der Waals surface area (Å²) >= 11 is 0. The molecule has 1 aliphatic rings. The van der Waals surface area contributed by atoms with Gasteiger partial charge < -0.3 is 10.7 Å². The van der Waals surface area contributed by atoms with Gasteiger partial charge in [0.15, 0.2) is 0 Å². The number of aromatic amines is 1. The molecule has 0 radical (unpaired) electrons. The zero-order chi connectivity index (χ0) is 14.8. The third kappa shape index (κ3) is 2.90. The molecule has 3 N–H and O–H groups in total. The number of nitrogens with zero attached hydrogens (tertiary/aromatic N) is 2. The minimum absolute atomic E-state index is 0.148. The summed E-state index contributed by atoms with van der Waals surface area (Å²) in [5.74, 6) is 0.287. The summed E-state index contributed by atoms with van der Waals surface area (Å²) < 4.78 is 0. The van der Waals surface area contributed by atoms with Crippen molar-refractivity contribution in [1.82, 2.24) is 14.9 Å². The van der Waals surface area contributed by atoms with Crippen LogP contribution in [0.15, 0.2) is 10.9 Å². The topological polar surface area (TPSA) is 92.1 Å². The second-order valence-electron chi connectivity index (χ2n) is 5.55. The Hall–Kier alpha value is -1.69. The monoisotopic (exact) mass is 278 g/mol. The van der Waals surface area contributed by atoms with E-state index in [1.54, 1.807) is 0 Å². The Morgan fingerprint density at radius 2 is 2.30 bits per heavy atom. The summed E-state index contributed by atoms with van der Waals surface area (Å²) in [6, 6.07) is 1.51. The summed E-state index contributed by atoms with van der Waals surface area (Å²) in [5, 5.41) is 0. The first-order chi connectivity index (χ1) is 9.45. The largest absolute Gasteiger partial charge is 0.368 e. The minimum atomic E-state index is -0.654. The normalized spacial score (nSPS) is 23.7. The fraction of sp³-hybridized carbons (Fsp3) is 0.643. The number of primary amides is 1. The van der Waals surface area contributed by atoms with Crippen LogP contribution in [-0.2, 0) is 17.8 Å². The van der Waals surface area contributed by atoms with Crippen LogP contribution in [-0.4, -0.2) is 32.9 Å². The molecule has 1 amide bonds. The number of carbonyl (C=O) groups excluding carboxylic acids is 1. The van der Waals surface area contributed by atoms with Gasteiger partial charge in [0.05, 0.1) is 12.1 Å². The maximum absolute atomic E-state index is 11.8. The van der Waals surface area contributed by atoms with Crippen molar-refractivity contribution in [3.8, 4) is 0 Å². The molecule has 6 nitrogen and oxygen atoms in total. The molecule has 110 valence electrons. The van der Waals surface area contributed by atoms with Crippen LogP contribution in [0.25, 0.3) is 0 Å². The van der Waals surface area contributed by atoms with Crippen molar-refractivity contribution in [2.45, 2.75) is 51.6 Å². The number of piperidine rings is 1. The molecule has 1 unspecified atom stereocenters. The Morgan fingerprint density at radius 3 is 2.95 bits per heavy atom. The van der Waals surface area contributed by atoms with Gasteiger partial charge in [-0.1, -0.05) is 6.92 Å². The van der Waals surface area contributed by atoms with E-state index in [1.165, 1.54) is 6.07 Å². The number of amides is 1. The highest BCUT2D eigenvalue weighted by Crippen LogP contribution is 2.28. The Morgan fingerprint density at radius 1 is 1.55 bits per heavy atom. The van der Waals surface area contributed by atoms with E-state index in [-0.39, 0.29) is 11.5 Å². The molecule has 6 heteroatoms. The highest BCUT2D eigenvalue weighted by Gasteiger charge is 2.39. The molecule has 0 saturated carbocycles. The molecule has 1 fully saturated rings. The third-order valence-electron chi connectivity index (χ3n) is 4.12. The molecule has 1 aliphatic heterocycles. The summed E-state index contributed by atoms with van der Waals surface area (Å²) in [6.07, 6.45) is 3.49. The number of H-pyrrole nitrogens is 1. The van der Waals surface area contributed by atoms with Crippen LogP contribution in [0.4, 0.5) is 0 Å². The fourth-order valence-electron chi connectivity index (χ4n) is 2.71. The molecule has 1 aromatic rings. The lowest BCUT2D eigenvalue weighted by Crippen LogP contribution is -2.57. The molecular formula is C14H22N4O2. The van der Waals surface area contributed by atoms with Gasteiger partial charge in [0.2, 0.25) is 5.91 Å². The van der Waals surface area contributed by atoms with E-state index in [9.17, 15) is 9.59 Å². The van der Waals surface area contributed by atoms with E-state index in [2.05, 4.69) is 9.97 Å². The number of rotatable bonds is 4. The second kappa shape index (κ2) is 5.75. The lowest BCUT2D eigenvalue weighted by molar-refractivity contribution is -0.132. The van der Waals surface area contributed by atoms with Gasteiger partial charge in [0, 0.05) is 11.8 Å². The van der Waals surface area contributed by atoms with E-state index in [1.807, 2.05) is 18.7 Å². The first-order valence-electron chi connectivity index (χ1n) is 7.10. The van der Waals surface area contributed by atoms with Crippen molar-refractivity contribution in [3.63, 3.8) is 0 Å². The number of carbonyl (C=O) groups is 1. The van der Waals surface area contributed by atoms with E-state index in [0.717, 1.165) is 31.5 Å². The Labute approximate surface area is 118 Å². The molecule has 0 aromatic carbocycles. The second-order valence-corrected chi connectivity index (χ2v) is 5.55. The standard InChI is InChI=1S/C14H22N4O2/c1-3-10-8-12(19)17-11(16-10)9-18-7-5-4-6-14(18,2)13(15)20/h8H,3-7,9H2,1-2H3,(H2,15,20)(H,16,17,19). The van der Waals surface area contributed by atoms with Crippen molar-refractivity contribution in [2.24, 2.45) is 5.73 Å². The Kier molecular flexibility index (Phi) is 4.23. The number of nitrogens with one attached hydrogen (secondary N) is 1. The average molecular weight is 278 g/mol. The fourth-order valence-corrected chi connectivity index (χ4v) is 2.71. The average Bonchev–Trinajstić information content (AvgIpc) is 2.40. The van der Waals surface area contributed by atoms with E-state index >= 15 is 0 Å². The van der Waals surface area contributed by atoms with Crippen molar-refractivity contribution in [2.75, 3.05) is 6.54 Å². The van der Waals surface area contributed by atoms with Gasteiger partial charge in [-0.2, -0.15) is 0 Å². The molecular weight excluding hydrogens is 256 g/mol. The van der Waals surface area contributed by atoms with Crippen LogP contribution in [0.2, 0.25) is 0 Å². The van der Waals surface area contributed by atoms with Crippen LogP contribution in [0.1, 0.15) is 44.6 Å². The quantitative estimate of drug-likeness (QED) is 0.842. The molecule has 2 heterocycles. The summed E-state index contributed by atoms with van der Waals surface area (Å²) in [7, 11) is 0. The van der Waals surface area contributed by atoms with Gasteiger partial charge in [-0.15, -0.1) is 0 Å². The van der Waals surface area contributed by atoms with Crippen LogP contribution in [0.5, 0.6) is 0 Å². The predicted octanol–water partition coefficient (Wildman–Crippen LogP) is 0.562. The van der Waals surface area contributed by atoms with Gasteiger partial charge >= 0.3 is 0 Å². The van der Waals surface area contributed by atoms with Gasteiger partial charge in [-0.05, 0) is 39.2 Å². The van der Waals surface area contributed by atoms with Crippen LogP contribution in [0.3, 0.4) is 0 Å². The smallest absolute Gasteiger partial charge is 0.251 e. The van der Waals surface area contributed by atoms with Gasteiger partial charge in [0.1, 0.15) is 5.82 Å². The molecule has 1 saturated heterocycles. The molecule has 1 aromatic heterocycles. The number of hydrogen-bond donors (Lipinski definition) is 2. The maximum Gasteiger partial charge on any atom is 0.251 e. The molecule has 2 rings (SSSR count). The molecule has 20 heavy (non-hydrogen) atoms. The Bertz CT molecular complexity index is 554. The highest BCUT2D eigenvalue weighted by atomic mass is 16.1. The summed E-state index contributed by atoms with van der Waals surface area (Å²) in [6.45, 7) is 5.07. The highest BCUT2D eigenvalue weighted by molar-refractivity contribution is 5.84. The summed E-state index contributed by atoms with van der Waals surface area (Å²) in [4.78, 5) is 32.5. The van der Waals surface area contributed by atoms with Gasteiger partial charge in [-0.3, -0.25) is 14.5 Å². The molecule has 0 aliphatic carbocycles. The van der Waals surface area contributed by atoms with Crippen molar-refractivity contribution < 1.29 is 4.79 Å².